The Morgan fingerprint density at radius 2 is 1.85 bits per heavy atom. The van der Waals surface area contributed by atoms with Gasteiger partial charge in [0.15, 0.2) is 0 Å². The first kappa shape index (κ1) is 29.0. The van der Waals surface area contributed by atoms with Crippen LogP contribution >= 0.6 is 0 Å². The highest BCUT2D eigenvalue weighted by Crippen LogP contribution is 2.44. The van der Waals surface area contributed by atoms with E-state index in [1.54, 1.807) is 19.1 Å². The van der Waals surface area contributed by atoms with Gasteiger partial charge in [-0.1, -0.05) is 24.3 Å². The number of hydrogen-bond acceptors (Lipinski definition) is 8. The number of carbonyl (C=O) groups excluding carboxylic acids is 2. The molecule has 1 aliphatic rings. The summed E-state index contributed by atoms with van der Waals surface area (Å²) in [5, 5.41) is 9.22. The molecule has 3 rings (SSSR count). The highest BCUT2D eigenvalue weighted by molar-refractivity contribution is 6.01. The monoisotopic (exact) mass is 541 g/mol. The van der Waals surface area contributed by atoms with Gasteiger partial charge in [0.25, 0.3) is 0 Å². The van der Waals surface area contributed by atoms with Crippen LogP contribution in [0.3, 0.4) is 0 Å². The summed E-state index contributed by atoms with van der Waals surface area (Å²) in [6.07, 6.45) is -3.22. The molecule has 2 aromatic rings. The zero-order valence-corrected chi connectivity index (χ0v) is 21.2. The van der Waals surface area contributed by atoms with Crippen LogP contribution in [-0.2, 0) is 30.0 Å². The van der Waals surface area contributed by atoms with Crippen molar-refractivity contribution in [2.24, 2.45) is 5.73 Å². The smallest absolute Gasteiger partial charge is 0.416 e. The van der Waals surface area contributed by atoms with E-state index in [9.17, 15) is 28.0 Å². The molecule has 204 valence electrons. The first-order valence-electron chi connectivity index (χ1n) is 11.7. The normalized spacial score (nSPS) is 15.6. The SMILES string of the molecule is C=CCOCC1=C(C(=O)OC)C(c2ccc(C#N)cc2)C(C(=O)OCC)=C(N)N1c1cccc(C(F)(F)F)c1. The molecule has 39 heavy (non-hydrogen) atoms. The summed E-state index contributed by atoms with van der Waals surface area (Å²) in [5.41, 5.74) is 6.00. The molecule has 11 heteroatoms. The molecule has 0 radical (unpaired) electrons. The van der Waals surface area contributed by atoms with Gasteiger partial charge in [0.1, 0.15) is 5.82 Å². The Labute approximate surface area is 223 Å². The molecule has 1 unspecified atom stereocenters. The van der Waals surface area contributed by atoms with Gasteiger partial charge in [-0.15, -0.1) is 6.58 Å². The van der Waals surface area contributed by atoms with E-state index in [2.05, 4.69) is 6.58 Å². The molecule has 0 spiro atoms. The van der Waals surface area contributed by atoms with Gasteiger partial charge in [-0.05, 0) is 42.8 Å². The topological polar surface area (TPSA) is 115 Å². The Morgan fingerprint density at radius 1 is 1.15 bits per heavy atom. The zero-order chi connectivity index (χ0) is 28.7. The van der Waals surface area contributed by atoms with Gasteiger partial charge in [-0.2, -0.15) is 18.4 Å². The van der Waals surface area contributed by atoms with E-state index >= 15 is 0 Å². The number of ether oxygens (including phenoxy) is 3. The number of alkyl halides is 3. The number of nitriles is 1. The zero-order valence-electron chi connectivity index (χ0n) is 21.2. The van der Waals surface area contributed by atoms with E-state index in [4.69, 9.17) is 19.9 Å². The number of halogens is 3. The largest absolute Gasteiger partial charge is 0.466 e. The van der Waals surface area contributed by atoms with E-state index in [-0.39, 0.29) is 48.2 Å². The van der Waals surface area contributed by atoms with Gasteiger partial charge >= 0.3 is 18.1 Å². The average Bonchev–Trinajstić information content (AvgIpc) is 2.92. The van der Waals surface area contributed by atoms with Crippen LogP contribution in [0, 0.1) is 11.3 Å². The van der Waals surface area contributed by atoms with Crippen molar-refractivity contribution in [1.82, 2.24) is 0 Å². The Hall–Kier alpha value is -4.56. The first-order chi connectivity index (χ1) is 18.6. The van der Waals surface area contributed by atoms with Crippen LogP contribution in [-0.4, -0.2) is 38.9 Å². The summed E-state index contributed by atoms with van der Waals surface area (Å²) in [6, 6.07) is 12.3. The van der Waals surface area contributed by atoms with E-state index in [1.807, 2.05) is 6.07 Å². The van der Waals surface area contributed by atoms with E-state index in [0.717, 1.165) is 24.1 Å². The maximum Gasteiger partial charge on any atom is 0.416 e. The number of anilines is 1. The van der Waals surface area contributed by atoms with Crippen molar-refractivity contribution in [2.45, 2.75) is 19.0 Å². The number of benzene rings is 2. The van der Waals surface area contributed by atoms with Crippen LogP contribution in [0.5, 0.6) is 0 Å². The first-order valence-corrected chi connectivity index (χ1v) is 11.7. The van der Waals surface area contributed by atoms with Crippen LogP contribution in [0.25, 0.3) is 0 Å². The second-order valence-electron chi connectivity index (χ2n) is 8.23. The number of esters is 2. The Bertz CT molecular complexity index is 1360. The van der Waals surface area contributed by atoms with Crippen LogP contribution in [0.4, 0.5) is 18.9 Å². The second-order valence-corrected chi connectivity index (χ2v) is 8.23. The molecule has 2 N–H and O–H groups in total. The third-order valence-electron chi connectivity index (χ3n) is 5.85. The number of hydrogen-bond donors (Lipinski definition) is 1. The summed E-state index contributed by atoms with van der Waals surface area (Å²) >= 11 is 0. The minimum absolute atomic E-state index is 0.0359. The molecule has 0 saturated carbocycles. The average molecular weight is 542 g/mol. The fourth-order valence-corrected chi connectivity index (χ4v) is 4.20. The molecule has 1 aliphatic heterocycles. The maximum atomic E-state index is 13.6. The Balaban J connectivity index is 2.41. The van der Waals surface area contributed by atoms with Crippen LogP contribution < -0.4 is 10.6 Å². The third kappa shape index (κ3) is 6.13. The second kappa shape index (κ2) is 12.3. The fourth-order valence-electron chi connectivity index (χ4n) is 4.20. The van der Waals surface area contributed by atoms with Crippen LogP contribution in [0.1, 0.15) is 29.5 Å². The summed E-state index contributed by atoms with van der Waals surface area (Å²) in [5.74, 6) is -3.15. The summed E-state index contributed by atoms with van der Waals surface area (Å²) in [7, 11) is 1.13. The highest BCUT2D eigenvalue weighted by atomic mass is 19.4. The molecule has 0 saturated heterocycles. The number of carbonyl (C=O) groups is 2. The summed E-state index contributed by atoms with van der Waals surface area (Å²) in [4.78, 5) is 27.8. The minimum Gasteiger partial charge on any atom is -0.466 e. The standard InChI is InChI=1S/C28H26F3N3O5/c1-4-13-38-16-21-23(26(35)37-3)22(18-11-9-17(15-32)10-12-18)24(27(36)39-5-2)25(33)34(21)20-8-6-7-19(14-20)28(29,30)31/h4,6-12,14,22H,1,5,13,16,33H2,2-3H3. The van der Waals surface area contributed by atoms with Gasteiger partial charge in [0.05, 0.1) is 66.9 Å². The number of methoxy groups -OCH3 is 1. The molecule has 1 atom stereocenters. The lowest BCUT2D eigenvalue weighted by atomic mass is 9.80. The Kier molecular flexibility index (Phi) is 9.16. The lowest BCUT2D eigenvalue weighted by molar-refractivity contribution is -0.139. The van der Waals surface area contributed by atoms with Gasteiger partial charge in [0.2, 0.25) is 0 Å². The van der Waals surface area contributed by atoms with E-state index < -0.39 is 29.6 Å². The number of nitrogens with two attached hydrogens (primary N) is 1. The molecule has 8 nitrogen and oxygen atoms in total. The van der Waals surface area contributed by atoms with Gasteiger partial charge in [-0.3, -0.25) is 4.90 Å². The predicted octanol–water partition coefficient (Wildman–Crippen LogP) is 4.54. The van der Waals surface area contributed by atoms with Crippen molar-refractivity contribution in [3.8, 4) is 6.07 Å². The highest BCUT2D eigenvalue weighted by Gasteiger charge is 2.43. The van der Waals surface area contributed by atoms with Crippen molar-refractivity contribution < 1.29 is 37.0 Å². The maximum absolute atomic E-state index is 13.6. The molecule has 0 aromatic heterocycles. The predicted molar refractivity (Wildman–Crippen MR) is 136 cm³/mol. The van der Waals surface area contributed by atoms with Crippen LogP contribution in [0.15, 0.2) is 83.9 Å². The molecule has 1 heterocycles. The number of nitrogens with zero attached hydrogens (tertiary/aromatic N) is 2. The Morgan fingerprint density at radius 3 is 2.41 bits per heavy atom. The molecule has 2 aromatic carbocycles. The molecule has 0 aliphatic carbocycles. The number of rotatable bonds is 9. The van der Waals surface area contributed by atoms with Gasteiger partial charge in [0, 0.05) is 5.69 Å². The van der Waals surface area contributed by atoms with Gasteiger partial charge < -0.3 is 19.9 Å². The van der Waals surface area contributed by atoms with E-state index in [0.29, 0.717) is 11.1 Å². The van der Waals surface area contributed by atoms with Crippen molar-refractivity contribution in [3.05, 3.63) is 101 Å². The quantitative estimate of drug-likeness (QED) is 0.280. The third-order valence-corrected chi connectivity index (χ3v) is 5.85. The van der Waals surface area contributed by atoms with Crippen molar-refractivity contribution in [1.29, 1.82) is 5.26 Å². The minimum atomic E-state index is -4.67. The van der Waals surface area contributed by atoms with Crippen molar-refractivity contribution >= 4 is 17.6 Å². The van der Waals surface area contributed by atoms with E-state index in [1.165, 1.54) is 30.3 Å². The summed E-state index contributed by atoms with van der Waals surface area (Å²) in [6.45, 7) is 4.87. The summed E-state index contributed by atoms with van der Waals surface area (Å²) < 4.78 is 56.8. The molecule has 0 fully saturated rings. The lowest BCUT2D eigenvalue weighted by Crippen LogP contribution is -2.41. The molecular formula is C28H26F3N3O5. The molecule has 0 bridgehead atoms. The van der Waals surface area contributed by atoms with Crippen molar-refractivity contribution in [2.75, 3.05) is 31.8 Å². The fraction of sp³-hybridized carbons (Fsp3) is 0.250. The van der Waals surface area contributed by atoms with Gasteiger partial charge in [-0.25, -0.2) is 9.59 Å². The van der Waals surface area contributed by atoms with Crippen LogP contribution in [0.2, 0.25) is 0 Å². The van der Waals surface area contributed by atoms with Crippen molar-refractivity contribution in [3.63, 3.8) is 0 Å². The lowest BCUT2D eigenvalue weighted by Gasteiger charge is -2.38. The molecule has 0 amide bonds. The molecular weight excluding hydrogens is 515 g/mol.